The molecule has 2 rings (SSSR count). The quantitative estimate of drug-likeness (QED) is 0.586. The minimum absolute atomic E-state index is 0.0238. The molecule has 2 aromatic carbocycles. The normalized spacial score (nSPS) is 10.5. The van der Waals surface area contributed by atoms with Crippen LogP contribution in [0.3, 0.4) is 0 Å². The molecule has 0 radical (unpaired) electrons. The van der Waals surface area contributed by atoms with Gasteiger partial charge in [-0.2, -0.15) is 0 Å². The number of rotatable bonds is 6. The highest BCUT2D eigenvalue weighted by Gasteiger charge is 2.08. The van der Waals surface area contributed by atoms with Crippen LogP contribution in [0.15, 0.2) is 48.5 Å². The Morgan fingerprint density at radius 1 is 0.696 bits per heavy atom. The third kappa shape index (κ3) is 6.22. The lowest BCUT2D eigenvalue weighted by Crippen LogP contribution is -1.98. The predicted octanol–water partition coefficient (Wildman–Crippen LogP) is 5.83. The molecule has 0 bridgehead atoms. The molecule has 0 fully saturated rings. The van der Waals surface area contributed by atoms with E-state index >= 15 is 0 Å². The minimum atomic E-state index is 0.0238. The smallest absolute Gasteiger partial charge is 0.219 e. The van der Waals surface area contributed by atoms with Crippen molar-refractivity contribution in [2.45, 2.75) is 6.42 Å². The zero-order valence-corrected chi connectivity index (χ0v) is 15.3. The molecule has 0 unspecified atom stereocenters. The molecule has 120 valence electrons. The van der Waals surface area contributed by atoms with Crippen molar-refractivity contribution in [3.8, 4) is 0 Å². The van der Waals surface area contributed by atoms with Crippen molar-refractivity contribution in [2.24, 2.45) is 0 Å². The van der Waals surface area contributed by atoms with Crippen LogP contribution in [-0.4, -0.2) is 21.7 Å². The van der Waals surface area contributed by atoms with Crippen LogP contribution in [0.1, 0.15) is 27.1 Å². The van der Waals surface area contributed by atoms with Crippen molar-refractivity contribution in [1.82, 2.24) is 0 Å². The summed E-state index contributed by atoms with van der Waals surface area (Å²) in [5, 5.41) is 1.28. The minimum Gasteiger partial charge on any atom is -0.282 e. The molecule has 0 atom stereocenters. The van der Waals surface area contributed by atoms with E-state index in [4.69, 9.17) is 23.2 Å². The van der Waals surface area contributed by atoms with Gasteiger partial charge in [0.25, 0.3) is 0 Å². The van der Waals surface area contributed by atoms with Gasteiger partial charge < -0.3 is 0 Å². The lowest BCUT2D eigenvalue weighted by molar-refractivity contribution is 0.108. The van der Waals surface area contributed by atoms with Crippen molar-refractivity contribution in [2.75, 3.05) is 11.5 Å². The Hall–Kier alpha value is -0.940. The van der Waals surface area contributed by atoms with Crippen LogP contribution >= 0.6 is 46.7 Å². The highest BCUT2D eigenvalue weighted by molar-refractivity contribution is 8.14. The Labute approximate surface area is 153 Å². The Bertz CT molecular complexity index is 610. The molecule has 0 aliphatic heterocycles. The van der Waals surface area contributed by atoms with Gasteiger partial charge in [0.1, 0.15) is 0 Å². The number of carbonyl (C=O) groups excluding carboxylic acids is 2. The van der Waals surface area contributed by atoms with Crippen LogP contribution < -0.4 is 0 Å². The van der Waals surface area contributed by atoms with Gasteiger partial charge in [-0.25, -0.2) is 0 Å². The first kappa shape index (κ1) is 18.4. The van der Waals surface area contributed by atoms with E-state index < -0.39 is 0 Å². The first-order valence-electron chi connectivity index (χ1n) is 6.91. The summed E-state index contributed by atoms with van der Waals surface area (Å²) < 4.78 is 0. The van der Waals surface area contributed by atoms with Crippen LogP contribution in [-0.2, 0) is 0 Å². The molecule has 23 heavy (non-hydrogen) atoms. The second-order valence-corrected chi connectivity index (χ2v) is 7.65. The molecule has 0 aromatic heterocycles. The molecular formula is C17H14Cl2O2S2. The van der Waals surface area contributed by atoms with Crippen LogP contribution in [0.2, 0.25) is 10.0 Å². The van der Waals surface area contributed by atoms with Gasteiger partial charge >= 0.3 is 0 Å². The fourth-order valence-corrected chi connectivity index (χ4v) is 3.72. The lowest BCUT2D eigenvalue weighted by Gasteiger charge is -2.02. The van der Waals surface area contributed by atoms with Crippen molar-refractivity contribution < 1.29 is 9.59 Å². The maximum Gasteiger partial charge on any atom is 0.219 e. The third-order valence-corrected chi connectivity index (χ3v) is 5.40. The zero-order valence-electron chi connectivity index (χ0n) is 12.1. The SMILES string of the molecule is O=C(SCCCSC(=O)c1ccc(Cl)cc1)c1ccc(Cl)cc1. The Balaban J connectivity index is 1.67. The van der Waals surface area contributed by atoms with Gasteiger partial charge in [-0.15, -0.1) is 0 Å². The van der Waals surface area contributed by atoms with E-state index in [9.17, 15) is 9.59 Å². The van der Waals surface area contributed by atoms with E-state index in [1.807, 2.05) is 0 Å². The highest BCUT2D eigenvalue weighted by atomic mass is 35.5. The van der Waals surface area contributed by atoms with Gasteiger partial charge in [0.05, 0.1) is 0 Å². The molecule has 0 heterocycles. The van der Waals surface area contributed by atoms with E-state index in [0.717, 1.165) is 6.42 Å². The second-order valence-electron chi connectivity index (χ2n) is 4.64. The average molecular weight is 385 g/mol. The van der Waals surface area contributed by atoms with Crippen LogP contribution in [0.5, 0.6) is 0 Å². The maximum absolute atomic E-state index is 11.9. The number of halogens is 2. The van der Waals surface area contributed by atoms with Crippen LogP contribution in [0, 0.1) is 0 Å². The monoisotopic (exact) mass is 384 g/mol. The summed E-state index contributed by atoms with van der Waals surface area (Å²) in [5.41, 5.74) is 1.29. The van der Waals surface area contributed by atoms with E-state index in [0.29, 0.717) is 32.7 Å². The van der Waals surface area contributed by atoms with Gasteiger partial charge in [0, 0.05) is 32.7 Å². The van der Waals surface area contributed by atoms with Crippen molar-refractivity contribution in [1.29, 1.82) is 0 Å². The number of hydrogen-bond donors (Lipinski definition) is 0. The zero-order chi connectivity index (χ0) is 16.7. The Morgan fingerprint density at radius 3 is 1.39 bits per heavy atom. The molecule has 0 saturated carbocycles. The summed E-state index contributed by atoms with van der Waals surface area (Å²) in [7, 11) is 0. The van der Waals surface area contributed by atoms with E-state index in [-0.39, 0.29) is 10.2 Å². The van der Waals surface area contributed by atoms with E-state index in [1.54, 1.807) is 48.5 Å². The topological polar surface area (TPSA) is 34.1 Å². The largest absolute Gasteiger partial charge is 0.282 e. The fourth-order valence-electron chi connectivity index (χ4n) is 1.73. The van der Waals surface area contributed by atoms with Gasteiger partial charge in [0.2, 0.25) is 10.2 Å². The number of benzene rings is 2. The summed E-state index contributed by atoms with van der Waals surface area (Å²) in [6.07, 6.45) is 0.786. The molecule has 2 nitrogen and oxygen atoms in total. The molecule has 6 heteroatoms. The molecule has 2 aromatic rings. The molecular weight excluding hydrogens is 371 g/mol. The van der Waals surface area contributed by atoms with Crippen molar-refractivity contribution in [3.05, 3.63) is 69.7 Å². The summed E-state index contributed by atoms with van der Waals surface area (Å²) in [5.74, 6) is 1.37. The standard InChI is InChI=1S/C17H14Cl2O2S2/c18-14-6-2-12(3-7-14)16(20)22-10-1-11-23-17(21)13-4-8-15(19)9-5-13/h2-9H,1,10-11H2. The molecule has 0 N–H and O–H groups in total. The van der Waals surface area contributed by atoms with Gasteiger partial charge in [-0.1, -0.05) is 46.7 Å². The first-order valence-corrected chi connectivity index (χ1v) is 9.64. The predicted molar refractivity (Wildman–Crippen MR) is 101 cm³/mol. The maximum atomic E-state index is 11.9. The van der Waals surface area contributed by atoms with Gasteiger partial charge in [-0.05, 0) is 55.0 Å². The van der Waals surface area contributed by atoms with Crippen LogP contribution in [0.4, 0.5) is 0 Å². The highest BCUT2D eigenvalue weighted by Crippen LogP contribution is 2.19. The molecule has 0 aliphatic carbocycles. The summed E-state index contributed by atoms with van der Waals surface area (Å²) in [4.78, 5) is 23.9. The fraction of sp³-hybridized carbons (Fsp3) is 0.176. The Morgan fingerprint density at radius 2 is 1.04 bits per heavy atom. The molecule has 0 saturated heterocycles. The van der Waals surface area contributed by atoms with Gasteiger partial charge in [-0.3, -0.25) is 9.59 Å². The number of carbonyl (C=O) groups is 2. The molecule has 0 amide bonds. The van der Waals surface area contributed by atoms with Crippen molar-refractivity contribution >= 4 is 57.0 Å². The third-order valence-electron chi connectivity index (χ3n) is 2.91. The number of hydrogen-bond acceptors (Lipinski definition) is 4. The van der Waals surface area contributed by atoms with Crippen molar-refractivity contribution in [3.63, 3.8) is 0 Å². The summed E-state index contributed by atoms with van der Waals surface area (Å²) in [6.45, 7) is 0. The summed E-state index contributed by atoms with van der Waals surface area (Å²) in [6, 6.07) is 13.7. The van der Waals surface area contributed by atoms with E-state index in [2.05, 4.69) is 0 Å². The lowest BCUT2D eigenvalue weighted by atomic mass is 10.2. The Kier molecular flexibility index (Phi) is 7.50. The summed E-state index contributed by atoms with van der Waals surface area (Å²) >= 11 is 14.1. The average Bonchev–Trinajstić information content (AvgIpc) is 2.55. The molecule has 0 spiro atoms. The van der Waals surface area contributed by atoms with Crippen LogP contribution in [0.25, 0.3) is 0 Å². The first-order chi connectivity index (χ1) is 11.1. The second kappa shape index (κ2) is 9.38. The van der Waals surface area contributed by atoms with Gasteiger partial charge in [0.15, 0.2) is 0 Å². The molecule has 0 aliphatic rings. The van der Waals surface area contributed by atoms with E-state index in [1.165, 1.54) is 23.5 Å². The number of thioether (sulfide) groups is 2.